The molecule has 7 rings (SSSR count). The van der Waals surface area contributed by atoms with Crippen LogP contribution in [0.1, 0.15) is 25.2 Å². The second kappa shape index (κ2) is 7.99. The highest BCUT2D eigenvalue weighted by Gasteiger charge is 2.70. The fourth-order valence-corrected chi connectivity index (χ4v) is 7.16. The predicted molar refractivity (Wildman–Crippen MR) is 146 cm³/mol. The smallest absolute Gasteiger partial charge is 0.266 e. The summed E-state index contributed by atoms with van der Waals surface area (Å²) < 4.78 is 1.60. The van der Waals surface area contributed by atoms with Crippen molar-refractivity contribution in [2.75, 3.05) is 4.90 Å². The van der Waals surface area contributed by atoms with Gasteiger partial charge in [0.15, 0.2) is 0 Å². The number of halogens is 2. The molecular formula is C29H22Cl2N4O3. The monoisotopic (exact) mass is 544 g/mol. The Morgan fingerprint density at radius 3 is 2.34 bits per heavy atom. The Morgan fingerprint density at radius 2 is 1.61 bits per heavy atom. The van der Waals surface area contributed by atoms with E-state index >= 15 is 0 Å². The highest BCUT2D eigenvalue weighted by molar-refractivity contribution is 6.35. The van der Waals surface area contributed by atoms with Crippen LogP contribution in [0.2, 0.25) is 10.0 Å². The molecular weight excluding hydrogens is 523 g/mol. The summed E-state index contributed by atoms with van der Waals surface area (Å²) in [6, 6.07) is 19.1. The molecule has 1 spiro atoms. The van der Waals surface area contributed by atoms with Gasteiger partial charge in [-0.3, -0.25) is 24.3 Å². The van der Waals surface area contributed by atoms with Gasteiger partial charge in [0.05, 0.1) is 34.1 Å². The molecule has 7 nitrogen and oxygen atoms in total. The van der Waals surface area contributed by atoms with Crippen molar-refractivity contribution in [1.82, 2.24) is 14.9 Å². The van der Waals surface area contributed by atoms with Crippen LogP contribution in [0.3, 0.4) is 0 Å². The Hall–Kier alpha value is -3.52. The van der Waals surface area contributed by atoms with E-state index in [4.69, 9.17) is 28.2 Å². The van der Waals surface area contributed by atoms with Gasteiger partial charge >= 0.3 is 0 Å². The van der Waals surface area contributed by atoms with E-state index in [9.17, 15) is 14.4 Å². The summed E-state index contributed by atoms with van der Waals surface area (Å²) in [6.07, 6.45) is 0. The molecule has 0 saturated carbocycles. The first kappa shape index (κ1) is 23.6. The van der Waals surface area contributed by atoms with Gasteiger partial charge in [0, 0.05) is 21.7 Å². The third-order valence-corrected chi connectivity index (χ3v) is 8.56. The average Bonchev–Trinajstić information content (AvgIpc) is 3.47. The first-order valence-electron chi connectivity index (χ1n) is 12.5. The van der Waals surface area contributed by atoms with Crippen molar-refractivity contribution in [2.45, 2.75) is 25.4 Å². The SMILES string of the molecule is CC(C)C1NC2(c3ccccc3-n3c2nc2ccccc2c3=O)[C@H]2C(=O)N(c3cc(Cl)cc(Cl)c3)C(=O)[C@@H]12. The van der Waals surface area contributed by atoms with Gasteiger partial charge in [-0.1, -0.05) is 67.4 Å². The minimum absolute atomic E-state index is 0.00918. The number of aromatic nitrogens is 2. The molecule has 2 unspecified atom stereocenters. The fourth-order valence-electron chi connectivity index (χ4n) is 6.65. The highest BCUT2D eigenvalue weighted by atomic mass is 35.5. The van der Waals surface area contributed by atoms with Crippen LogP contribution in [0.25, 0.3) is 16.6 Å². The summed E-state index contributed by atoms with van der Waals surface area (Å²) in [6.45, 7) is 4.04. The number of amides is 2. The number of carbonyl (C=O) groups excluding carboxylic acids is 2. The third kappa shape index (κ3) is 2.89. The normalized spacial score (nSPS) is 25.5. The lowest BCUT2D eigenvalue weighted by Crippen LogP contribution is -2.51. The van der Waals surface area contributed by atoms with E-state index in [0.717, 1.165) is 5.56 Å². The average molecular weight is 545 g/mol. The lowest BCUT2D eigenvalue weighted by molar-refractivity contribution is -0.123. The maximum absolute atomic E-state index is 14.4. The van der Waals surface area contributed by atoms with Crippen LogP contribution < -0.4 is 15.8 Å². The molecule has 38 heavy (non-hydrogen) atoms. The van der Waals surface area contributed by atoms with Gasteiger partial charge in [0.1, 0.15) is 11.4 Å². The summed E-state index contributed by atoms with van der Waals surface area (Å²) in [5.41, 5.74) is 0.897. The van der Waals surface area contributed by atoms with E-state index in [0.29, 0.717) is 38.1 Å². The van der Waals surface area contributed by atoms with Crippen LogP contribution in [0.15, 0.2) is 71.5 Å². The van der Waals surface area contributed by atoms with E-state index < -0.39 is 17.4 Å². The van der Waals surface area contributed by atoms with Crippen molar-refractivity contribution in [3.8, 4) is 5.69 Å². The van der Waals surface area contributed by atoms with Gasteiger partial charge in [0.2, 0.25) is 11.8 Å². The van der Waals surface area contributed by atoms with Crippen LogP contribution in [0, 0.1) is 17.8 Å². The number of hydrogen-bond acceptors (Lipinski definition) is 5. The maximum atomic E-state index is 14.4. The van der Waals surface area contributed by atoms with Gasteiger partial charge in [-0.05, 0) is 42.3 Å². The molecule has 0 bridgehead atoms. The van der Waals surface area contributed by atoms with Crippen molar-refractivity contribution in [3.63, 3.8) is 0 Å². The van der Waals surface area contributed by atoms with E-state index in [1.165, 1.54) is 4.90 Å². The maximum Gasteiger partial charge on any atom is 0.266 e. The second-order valence-electron chi connectivity index (χ2n) is 10.5. The molecule has 3 aliphatic heterocycles. The van der Waals surface area contributed by atoms with Gasteiger partial charge in [0.25, 0.3) is 5.56 Å². The number of carbonyl (C=O) groups is 2. The number of nitrogens with one attached hydrogen (secondary N) is 1. The lowest BCUT2D eigenvalue weighted by atomic mass is 9.75. The van der Waals surface area contributed by atoms with Crippen molar-refractivity contribution in [2.24, 2.45) is 17.8 Å². The van der Waals surface area contributed by atoms with Crippen LogP contribution >= 0.6 is 23.2 Å². The molecule has 4 atom stereocenters. The molecule has 2 saturated heterocycles. The molecule has 4 aromatic rings. The zero-order valence-electron chi connectivity index (χ0n) is 20.5. The number of benzene rings is 3. The molecule has 1 aromatic heterocycles. The molecule has 1 N–H and O–H groups in total. The summed E-state index contributed by atoms with van der Waals surface area (Å²) in [5.74, 6) is -1.77. The topological polar surface area (TPSA) is 84.3 Å². The summed E-state index contributed by atoms with van der Waals surface area (Å²) in [4.78, 5) is 48.5. The largest absolute Gasteiger partial charge is 0.296 e. The molecule has 3 aromatic carbocycles. The van der Waals surface area contributed by atoms with Crippen molar-refractivity contribution in [1.29, 1.82) is 0 Å². The fraction of sp³-hybridized carbons (Fsp3) is 0.241. The number of rotatable bonds is 2. The number of fused-ring (bicyclic) bond motifs is 8. The van der Waals surface area contributed by atoms with Gasteiger partial charge < -0.3 is 0 Å². The molecule has 2 fully saturated rings. The first-order chi connectivity index (χ1) is 18.2. The van der Waals surface area contributed by atoms with Gasteiger partial charge in [-0.25, -0.2) is 9.88 Å². The van der Waals surface area contributed by atoms with Crippen LogP contribution in [0.5, 0.6) is 0 Å². The first-order valence-corrected chi connectivity index (χ1v) is 13.2. The summed E-state index contributed by atoms with van der Waals surface area (Å²) in [5, 5.41) is 4.83. The van der Waals surface area contributed by atoms with Gasteiger partial charge in [-0.15, -0.1) is 0 Å². The number of imide groups is 1. The van der Waals surface area contributed by atoms with Gasteiger partial charge in [-0.2, -0.15) is 0 Å². The zero-order chi connectivity index (χ0) is 26.5. The quantitative estimate of drug-likeness (QED) is 0.370. The molecule has 4 heterocycles. The number of anilines is 1. The Bertz CT molecular complexity index is 1750. The van der Waals surface area contributed by atoms with Crippen LogP contribution in [0.4, 0.5) is 5.69 Å². The van der Waals surface area contributed by atoms with E-state index in [2.05, 4.69) is 5.32 Å². The zero-order valence-corrected chi connectivity index (χ0v) is 22.0. The van der Waals surface area contributed by atoms with Crippen LogP contribution in [-0.4, -0.2) is 27.4 Å². The number of para-hydroxylation sites is 2. The molecule has 9 heteroatoms. The predicted octanol–water partition coefficient (Wildman–Crippen LogP) is 4.68. The standard InChI is InChI=1S/C29H22Cl2N4O3/c1-14(2)24-22-23(27(38)34(26(22)37)17-12-15(30)11-16(31)13-17)29(33-24)19-8-4-6-10-21(19)35-25(36)18-7-3-5-9-20(18)32-28(29)35/h3-14,22-24,33H,1-2H3/t22-,23-,24?,29?/m1/s1. The van der Waals surface area contributed by atoms with E-state index in [1.54, 1.807) is 41.0 Å². The Kier molecular flexibility index (Phi) is 4.96. The van der Waals surface area contributed by atoms with E-state index in [1.807, 2.05) is 44.2 Å². The van der Waals surface area contributed by atoms with E-state index in [-0.39, 0.29) is 29.3 Å². The molecule has 2 amide bonds. The van der Waals surface area contributed by atoms with Crippen molar-refractivity contribution >= 4 is 51.6 Å². The Labute approximate surface area is 228 Å². The Balaban J connectivity index is 1.53. The second-order valence-corrected chi connectivity index (χ2v) is 11.3. The number of nitrogens with zero attached hydrogens (tertiary/aromatic N) is 3. The van der Waals surface area contributed by atoms with Crippen molar-refractivity contribution < 1.29 is 9.59 Å². The minimum atomic E-state index is -1.18. The molecule has 190 valence electrons. The van der Waals surface area contributed by atoms with Crippen LogP contribution in [-0.2, 0) is 15.1 Å². The molecule has 0 radical (unpaired) electrons. The van der Waals surface area contributed by atoms with Crippen molar-refractivity contribution in [3.05, 3.63) is 98.5 Å². The Morgan fingerprint density at radius 1 is 0.921 bits per heavy atom. The highest BCUT2D eigenvalue weighted by Crippen LogP contribution is 2.56. The third-order valence-electron chi connectivity index (χ3n) is 8.12. The summed E-state index contributed by atoms with van der Waals surface area (Å²) in [7, 11) is 0. The number of hydrogen-bond donors (Lipinski definition) is 1. The molecule has 0 aliphatic carbocycles. The summed E-state index contributed by atoms with van der Waals surface area (Å²) >= 11 is 12.5. The lowest BCUT2D eigenvalue weighted by Gasteiger charge is -2.32. The minimum Gasteiger partial charge on any atom is -0.296 e. The molecule has 3 aliphatic rings.